The summed E-state index contributed by atoms with van der Waals surface area (Å²) in [6.45, 7) is 1.90. The van der Waals surface area contributed by atoms with Crippen molar-refractivity contribution in [2.24, 2.45) is 5.92 Å². The van der Waals surface area contributed by atoms with E-state index in [0.717, 1.165) is 31.5 Å². The molecule has 1 atom stereocenters. The van der Waals surface area contributed by atoms with Crippen molar-refractivity contribution in [3.63, 3.8) is 0 Å². The Labute approximate surface area is 99.0 Å². The van der Waals surface area contributed by atoms with Crippen molar-refractivity contribution < 1.29 is 13.2 Å². The summed E-state index contributed by atoms with van der Waals surface area (Å²) >= 11 is 0. The largest absolute Gasteiger partial charge is 0.393 e. The van der Waals surface area contributed by atoms with Crippen LogP contribution in [0.3, 0.4) is 0 Å². The molecule has 0 aromatic heterocycles. The van der Waals surface area contributed by atoms with Crippen molar-refractivity contribution in [2.45, 2.75) is 25.4 Å². The van der Waals surface area contributed by atoms with Gasteiger partial charge in [-0.25, -0.2) is 0 Å². The molecule has 0 saturated carbocycles. The Balaban J connectivity index is 2.09. The van der Waals surface area contributed by atoms with E-state index in [1.54, 1.807) is 12.1 Å². The summed E-state index contributed by atoms with van der Waals surface area (Å²) in [6.07, 6.45) is -3.13. The molecule has 1 N–H and O–H groups in total. The Hall–Kier alpha value is -1.03. The van der Waals surface area contributed by atoms with Crippen LogP contribution in [-0.4, -0.2) is 19.3 Å². The number of halogens is 3. The van der Waals surface area contributed by atoms with Gasteiger partial charge in [0.05, 0.1) is 6.42 Å². The van der Waals surface area contributed by atoms with Crippen LogP contribution in [0.1, 0.15) is 17.5 Å². The highest BCUT2D eigenvalue weighted by Crippen LogP contribution is 2.25. The molecule has 1 unspecified atom stereocenters. The first-order valence-corrected chi connectivity index (χ1v) is 5.89. The SMILES string of the molecule is FC(F)(F)Cc1ccccc1CC1CCNC1. The van der Waals surface area contributed by atoms with E-state index < -0.39 is 12.6 Å². The minimum absolute atomic E-state index is 0.423. The van der Waals surface area contributed by atoms with Crippen molar-refractivity contribution in [3.05, 3.63) is 35.4 Å². The van der Waals surface area contributed by atoms with Gasteiger partial charge in [0.2, 0.25) is 0 Å². The summed E-state index contributed by atoms with van der Waals surface area (Å²) in [6, 6.07) is 6.90. The lowest BCUT2D eigenvalue weighted by atomic mass is 9.94. The van der Waals surface area contributed by atoms with E-state index in [0.29, 0.717) is 11.5 Å². The minimum atomic E-state index is -4.12. The Kier molecular flexibility index (Phi) is 3.72. The number of benzene rings is 1. The maximum atomic E-state index is 12.4. The van der Waals surface area contributed by atoms with Crippen molar-refractivity contribution in [1.82, 2.24) is 5.32 Å². The first-order valence-electron chi connectivity index (χ1n) is 5.89. The molecule has 0 radical (unpaired) electrons. The van der Waals surface area contributed by atoms with Gasteiger partial charge < -0.3 is 5.32 Å². The Morgan fingerprint density at radius 1 is 1.18 bits per heavy atom. The molecular weight excluding hydrogens is 227 g/mol. The number of rotatable bonds is 3. The van der Waals surface area contributed by atoms with Crippen molar-refractivity contribution in [3.8, 4) is 0 Å². The molecule has 1 heterocycles. The monoisotopic (exact) mass is 243 g/mol. The molecule has 1 fully saturated rings. The van der Waals surface area contributed by atoms with E-state index >= 15 is 0 Å². The van der Waals surface area contributed by atoms with Crippen LogP contribution >= 0.6 is 0 Å². The number of nitrogens with one attached hydrogen (secondary N) is 1. The molecule has 94 valence electrons. The van der Waals surface area contributed by atoms with E-state index in [2.05, 4.69) is 5.32 Å². The molecule has 1 aromatic carbocycles. The molecule has 17 heavy (non-hydrogen) atoms. The van der Waals surface area contributed by atoms with Gasteiger partial charge in [-0.3, -0.25) is 0 Å². The molecule has 1 saturated heterocycles. The van der Waals surface area contributed by atoms with Gasteiger partial charge in [-0.2, -0.15) is 13.2 Å². The average Bonchev–Trinajstić information content (AvgIpc) is 2.71. The predicted molar refractivity (Wildman–Crippen MR) is 60.9 cm³/mol. The number of hydrogen-bond acceptors (Lipinski definition) is 1. The van der Waals surface area contributed by atoms with Gasteiger partial charge in [-0.15, -0.1) is 0 Å². The zero-order chi connectivity index (χ0) is 12.3. The third-order valence-electron chi connectivity index (χ3n) is 3.18. The molecule has 0 spiro atoms. The quantitative estimate of drug-likeness (QED) is 0.860. The second-order valence-corrected chi connectivity index (χ2v) is 4.62. The Morgan fingerprint density at radius 2 is 1.88 bits per heavy atom. The normalized spacial score (nSPS) is 20.8. The van der Waals surface area contributed by atoms with Gasteiger partial charge in [-0.05, 0) is 43.0 Å². The van der Waals surface area contributed by atoms with Crippen molar-refractivity contribution >= 4 is 0 Å². The maximum absolute atomic E-state index is 12.4. The van der Waals surface area contributed by atoms with Crippen molar-refractivity contribution in [1.29, 1.82) is 0 Å². The van der Waals surface area contributed by atoms with Gasteiger partial charge >= 0.3 is 6.18 Å². The van der Waals surface area contributed by atoms with Crippen LogP contribution in [0.4, 0.5) is 13.2 Å². The molecule has 0 amide bonds. The zero-order valence-electron chi connectivity index (χ0n) is 9.56. The van der Waals surface area contributed by atoms with Crippen LogP contribution < -0.4 is 5.32 Å². The number of alkyl halides is 3. The first kappa shape index (κ1) is 12.4. The highest BCUT2D eigenvalue weighted by molar-refractivity contribution is 5.28. The third-order valence-corrected chi connectivity index (χ3v) is 3.18. The lowest BCUT2D eigenvalue weighted by Gasteiger charge is -2.14. The van der Waals surface area contributed by atoms with E-state index in [4.69, 9.17) is 0 Å². The first-order chi connectivity index (χ1) is 8.04. The van der Waals surface area contributed by atoms with Gasteiger partial charge in [0.25, 0.3) is 0 Å². The smallest absolute Gasteiger partial charge is 0.316 e. The Morgan fingerprint density at radius 3 is 2.47 bits per heavy atom. The summed E-state index contributed by atoms with van der Waals surface area (Å²) in [5.74, 6) is 0.476. The molecular formula is C13H16F3N. The maximum Gasteiger partial charge on any atom is 0.393 e. The lowest BCUT2D eigenvalue weighted by molar-refractivity contribution is -0.127. The van der Waals surface area contributed by atoms with Crippen LogP contribution in [0.25, 0.3) is 0 Å². The van der Waals surface area contributed by atoms with E-state index in [-0.39, 0.29) is 0 Å². The van der Waals surface area contributed by atoms with Crippen LogP contribution in [0.2, 0.25) is 0 Å². The van der Waals surface area contributed by atoms with Gasteiger partial charge in [0, 0.05) is 0 Å². The molecule has 1 aliphatic heterocycles. The van der Waals surface area contributed by atoms with E-state index in [1.165, 1.54) is 0 Å². The standard InChI is InChI=1S/C13H16F3N/c14-13(15,16)8-12-4-2-1-3-11(12)7-10-5-6-17-9-10/h1-4,10,17H,5-9H2. The van der Waals surface area contributed by atoms with Crippen LogP contribution in [0.15, 0.2) is 24.3 Å². The summed E-state index contributed by atoms with van der Waals surface area (Å²) < 4.78 is 37.3. The molecule has 4 heteroatoms. The molecule has 1 nitrogen and oxygen atoms in total. The highest BCUT2D eigenvalue weighted by Gasteiger charge is 2.29. The van der Waals surface area contributed by atoms with Gasteiger partial charge in [-0.1, -0.05) is 24.3 Å². The lowest BCUT2D eigenvalue weighted by Crippen LogP contribution is -2.15. The molecule has 1 aromatic rings. The van der Waals surface area contributed by atoms with Crippen LogP contribution in [0.5, 0.6) is 0 Å². The van der Waals surface area contributed by atoms with Crippen molar-refractivity contribution in [2.75, 3.05) is 13.1 Å². The van der Waals surface area contributed by atoms with Gasteiger partial charge in [0.1, 0.15) is 0 Å². The molecule has 0 bridgehead atoms. The third kappa shape index (κ3) is 3.73. The predicted octanol–water partition coefficient (Wildman–Crippen LogP) is 2.94. The van der Waals surface area contributed by atoms with Gasteiger partial charge in [0.15, 0.2) is 0 Å². The second-order valence-electron chi connectivity index (χ2n) is 4.62. The fraction of sp³-hybridized carbons (Fsp3) is 0.538. The summed E-state index contributed by atoms with van der Waals surface area (Å²) in [7, 11) is 0. The molecule has 1 aliphatic rings. The zero-order valence-corrected chi connectivity index (χ0v) is 9.56. The van der Waals surface area contributed by atoms with Crippen LogP contribution in [0, 0.1) is 5.92 Å². The van der Waals surface area contributed by atoms with E-state index in [9.17, 15) is 13.2 Å². The van der Waals surface area contributed by atoms with E-state index in [1.807, 2.05) is 12.1 Å². The minimum Gasteiger partial charge on any atom is -0.316 e. The average molecular weight is 243 g/mol. The topological polar surface area (TPSA) is 12.0 Å². The fourth-order valence-electron chi connectivity index (χ4n) is 2.34. The summed E-state index contributed by atoms with van der Waals surface area (Å²) in [5.41, 5.74) is 1.27. The second kappa shape index (κ2) is 5.08. The Bertz CT molecular complexity index is 367. The summed E-state index contributed by atoms with van der Waals surface area (Å²) in [4.78, 5) is 0. The number of hydrogen-bond donors (Lipinski definition) is 1. The molecule has 2 rings (SSSR count). The molecule has 0 aliphatic carbocycles. The highest BCUT2D eigenvalue weighted by atomic mass is 19.4. The fourth-order valence-corrected chi connectivity index (χ4v) is 2.34. The summed E-state index contributed by atoms with van der Waals surface area (Å²) in [5, 5.41) is 3.24. The van der Waals surface area contributed by atoms with Crippen LogP contribution in [-0.2, 0) is 12.8 Å².